The van der Waals surface area contributed by atoms with Crippen LogP contribution in [0.4, 0.5) is 0 Å². The average molecular weight is 537 g/mol. The van der Waals surface area contributed by atoms with E-state index in [9.17, 15) is 34.2 Å². The van der Waals surface area contributed by atoms with Crippen LogP contribution in [-0.4, -0.2) is 70.5 Å². The molecule has 0 fully saturated rings. The maximum atomic E-state index is 13.1. The summed E-state index contributed by atoms with van der Waals surface area (Å²) < 4.78 is 0. The molecule has 11 N–H and O–H groups in total. The van der Waals surface area contributed by atoms with Crippen molar-refractivity contribution in [2.75, 3.05) is 6.54 Å². The fraction of sp³-hybridized carbons (Fsp3) is 0.560. The van der Waals surface area contributed by atoms with Crippen LogP contribution in [0.2, 0.25) is 0 Å². The van der Waals surface area contributed by atoms with Crippen LogP contribution in [0, 0.1) is 5.92 Å². The Morgan fingerprint density at radius 3 is 2.00 bits per heavy atom. The molecule has 0 aliphatic rings. The number of primary amides is 1. The lowest BCUT2D eigenvalue weighted by atomic mass is 10.00. The van der Waals surface area contributed by atoms with Gasteiger partial charge in [0.1, 0.15) is 23.9 Å². The molecule has 1 aromatic carbocycles. The van der Waals surface area contributed by atoms with E-state index in [0.29, 0.717) is 19.4 Å². The summed E-state index contributed by atoms with van der Waals surface area (Å²) in [5.41, 5.74) is 17.4. The van der Waals surface area contributed by atoms with Crippen molar-refractivity contribution in [3.8, 4) is 5.75 Å². The number of hydrogen-bond acceptors (Lipinski definition) is 8. The second-order valence-electron chi connectivity index (χ2n) is 9.46. The van der Waals surface area contributed by atoms with Gasteiger partial charge in [-0.2, -0.15) is 0 Å². The minimum absolute atomic E-state index is 0.0796. The average Bonchev–Trinajstić information content (AvgIpc) is 2.84. The fourth-order valence-electron chi connectivity index (χ4n) is 3.61. The van der Waals surface area contributed by atoms with E-state index in [4.69, 9.17) is 17.2 Å². The number of rotatable bonds is 17. The lowest BCUT2D eigenvalue weighted by Crippen LogP contribution is -2.58. The number of phenolic OH excluding ortho intramolecular Hbond substituents is 1. The van der Waals surface area contributed by atoms with Crippen LogP contribution in [0.15, 0.2) is 24.3 Å². The van der Waals surface area contributed by atoms with E-state index >= 15 is 0 Å². The van der Waals surface area contributed by atoms with Crippen LogP contribution < -0.4 is 33.2 Å². The molecule has 0 heterocycles. The van der Waals surface area contributed by atoms with Gasteiger partial charge in [0.25, 0.3) is 0 Å². The topological polar surface area (TPSA) is 240 Å². The van der Waals surface area contributed by atoms with Crippen molar-refractivity contribution in [2.45, 2.75) is 76.5 Å². The molecular formula is C25H40N6O7. The van der Waals surface area contributed by atoms with Gasteiger partial charge in [0.05, 0.1) is 6.04 Å². The number of carboxylic acid groups (broad SMARTS) is 1. The number of carbonyl (C=O) groups is 5. The monoisotopic (exact) mass is 536 g/mol. The number of carboxylic acids is 1. The Bertz CT molecular complexity index is 954. The molecule has 38 heavy (non-hydrogen) atoms. The quantitative estimate of drug-likeness (QED) is 0.112. The lowest BCUT2D eigenvalue weighted by Gasteiger charge is -2.27. The molecule has 1 rings (SSSR count). The van der Waals surface area contributed by atoms with E-state index in [-0.39, 0.29) is 37.4 Å². The molecule has 0 spiro atoms. The van der Waals surface area contributed by atoms with E-state index in [0.717, 1.165) is 5.56 Å². The molecule has 0 aliphatic heterocycles. The summed E-state index contributed by atoms with van der Waals surface area (Å²) in [6.07, 6.45) is 0.946. The van der Waals surface area contributed by atoms with Crippen molar-refractivity contribution in [1.29, 1.82) is 0 Å². The zero-order valence-electron chi connectivity index (χ0n) is 21.8. The molecule has 0 aliphatic carbocycles. The molecule has 13 heteroatoms. The third-order valence-corrected chi connectivity index (χ3v) is 5.85. The summed E-state index contributed by atoms with van der Waals surface area (Å²) in [6.45, 7) is 3.79. The highest BCUT2D eigenvalue weighted by Crippen LogP contribution is 2.12. The first-order valence-electron chi connectivity index (χ1n) is 12.5. The summed E-state index contributed by atoms with van der Waals surface area (Å²) >= 11 is 0. The highest BCUT2D eigenvalue weighted by Gasteiger charge is 2.31. The largest absolute Gasteiger partial charge is 0.508 e. The molecule has 0 radical (unpaired) electrons. The predicted molar refractivity (Wildman–Crippen MR) is 139 cm³/mol. The smallest absolute Gasteiger partial charge is 0.326 e. The molecule has 4 unspecified atom stereocenters. The van der Waals surface area contributed by atoms with Gasteiger partial charge in [0.15, 0.2) is 0 Å². The summed E-state index contributed by atoms with van der Waals surface area (Å²) in [6, 6.07) is 1.74. The summed E-state index contributed by atoms with van der Waals surface area (Å²) in [5.74, 6) is -4.30. The molecule has 0 bridgehead atoms. The van der Waals surface area contributed by atoms with Crippen LogP contribution in [0.5, 0.6) is 5.75 Å². The zero-order valence-corrected chi connectivity index (χ0v) is 21.8. The highest BCUT2D eigenvalue weighted by molar-refractivity contribution is 5.94. The Balaban J connectivity index is 2.93. The van der Waals surface area contributed by atoms with Gasteiger partial charge >= 0.3 is 5.97 Å². The first-order chi connectivity index (χ1) is 17.8. The Morgan fingerprint density at radius 2 is 1.47 bits per heavy atom. The summed E-state index contributed by atoms with van der Waals surface area (Å²) in [4.78, 5) is 61.4. The number of amides is 4. The van der Waals surface area contributed by atoms with Gasteiger partial charge in [-0.05, 0) is 62.3 Å². The van der Waals surface area contributed by atoms with Gasteiger partial charge < -0.3 is 43.4 Å². The Labute approximate surface area is 221 Å². The standard InChI is InChI=1S/C25H40N6O7/c1-14(2)21(31-22(34)17(27)13-15-6-8-16(32)9-7-15)24(36)29-18(5-3-4-12-26)23(35)30-19(25(37)38)10-11-20(28)33/h6-9,14,17-19,21,32H,3-5,10-13,26-27H2,1-2H3,(H2,28,33)(H,29,36)(H,30,35)(H,31,34)(H,37,38). The van der Waals surface area contributed by atoms with Gasteiger partial charge in [0, 0.05) is 6.42 Å². The van der Waals surface area contributed by atoms with E-state index in [1.807, 2.05) is 0 Å². The second kappa shape index (κ2) is 16.2. The summed E-state index contributed by atoms with van der Waals surface area (Å²) in [7, 11) is 0. The van der Waals surface area contributed by atoms with E-state index < -0.39 is 53.8 Å². The van der Waals surface area contributed by atoms with Crippen molar-refractivity contribution >= 4 is 29.6 Å². The molecule has 0 saturated heterocycles. The van der Waals surface area contributed by atoms with Crippen LogP contribution in [0.25, 0.3) is 0 Å². The third-order valence-electron chi connectivity index (χ3n) is 5.85. The van der Waals surface area contributed by atoms with Crippen molar-refractivity contribution in [3.63, 3.8) is 0 Å². The van der Waals surface area contributed by atoms with Crippen LogP contribution in [0.3, 0.4) is 0 Å². The number of carbonyl (C=O) groups excluding carboxylic acids is 4. The maximum Gasteiger partial charge on any atom is 0.326 e. The Hall–Kier alpha value is -3.71. The Morgan fingerprint density at radius 1 is 0.868 bits per heavy atom. The van der Waals surface area contributed by atoms with Crippen LogP contribution in [-0.2, 0) is 30.4 Å². The highest BCUT2D eigenvalue weighted by atomic mass is 16.4. The van der Waals surface area contributed by atoms with Crippen molar-refractivity contribution in [2.24, 2.45) is 23.1 Å². The van der Waals surface area contributed by atoms with Gasteiger partial charge in [-0.15, -0.1) is 0 Å². The number of nitrogens with one attached hydrogen (secondary N) is 3. The van der Waals surface area contributed by atoms with Gasteiger partial charge in [-0.1, -0.05) is 26.0 Å². The van der Waals surface area contributed by atoms with Crippen LogP contribution >= 0.6 is 0 Å². The minimum atomic E-state index is -1.37. The molecule has 0 aromatic heterocycles. The number of aliphatic carboxylic acids is 1. The van der Waals surface area contributed by atoms with E-state index in [1.165, 1.54) is 12.1 Å². The van der Waals surface area contributed by atoms with Crippen molar-refractivity contribution in [3.05, 3.63) is 29.8 Å². The van der Waals surface area contributed by atoms with Crippen LogP contribution in [0.1, 0.15) is 51.5 Å². The van der Waals surface area contributed by atoms with E-state index in [1.54, 1.807) is 26.0 Å². The normalized spacial score (nSPS) is 14.1. The van der Waals surface area contributed by atoms with Gasteiger partial charge in [-0.3, -0.25) is 19.2 Å². The molecule has 212 valence electrons. The summed E-state index contributed by atoms with van der Waals surface area (Å²) in [5, 5.41) is 26.4. The molecule has 0 saturated carbocycles. The molecule has 4 amide bonds. The number of phenols is 1. The maximum absolute atomic E-state index is 13.1. The zero-order chi connectivity index (χ0) is 28.8. The number of unbranched alkanes of at least 4 members (excludes halogenated alkanes) is 1. The first kappa shape index (κ1) is 32.3. The number of hydrogen-bond donors (Lipinski definition) is 8. The second-order valence-corrected chi connectivity index (χ2v) is 9.46. The van der Waals surface area contributed by atoms with Crippen molar-refractivity contribution < 1.29 is 34.2 Å². The molecule has 1 aromatic rings. The van der Waals surface area contributed by atoms with Gasteiger partial charge in [0.2, 0.25) is 23.6 Å². The minimum Gasteiger partial charge on any atom is -0.508 e. The molecular weight excluding hydrogens is 496 g/mol. The third kappa shape index (κ3) is 11.6. The number of benzene rings is 1. The predicted octanol–water partition coefficient (Wildman–Crippen LogP) is -1.15. The van der Waals surface area contributed by atoms with Gasteiger partial charge in [-0.25, -0.2) is 4.79 Å². The number of aromatic hydroxyl groups is 1. The molecule has 4 atom stereocenters. The molecule has 13 nitrogen and oxygen atoms in total. The Kier molecular flexibility index (Phi) is 13.8. The number of nitrogens with two attached hydrogens (primary N) is 3. The van der Waals surface area contributed by atoms with Crippen molar-refractivity contribution in [1.82, 2.24) is 16.0 Å². The van der Waals surface area contributed by atoms with E-state index in [2.05, 4.69) is 16.0 Å². The fourth-order valence-corrected chi connectivity index (χ4v) is 3.61. The SMILES string of the molecule is CC(C)C(NC(=O)C(N)Cc1ccc(O)cc1)C(=O)NC(CCCCN)C(=O)NC(CCC(N)=O)C(=O)O. The first-order valence-corrected chi connectivity index (χ1v) is 12.5. The lowest BCUT2D eigenvalue weighted by molar-refractivity contribution is -0.142.